The van der Waals surface area contributed by atoms with Crippen molar-refractivity contribution in [3.63, 3.8) is 0 Å². The molecule has 0 aliphatic heterocycles. The molecule has 0 aliphatic rings. The quantitative estimate of drug-likeness (QED) is 0.443. The fourth-order valence-electron chi connectivity index (χ4n) is 2.50. The van der Waals surface area contributed by atoms with Crippen LogP contribution in [0.25, 0.3) is 0 Å². The first-order chi connectivity index (χ1) is 13.0. The Hall–Kier alpha value is -2.92. The van der Waals surface area contributed by atoms with Crippen molar-refractivity contribution in [3.05, 3.63) is 89.5 Å². The summed E-state index contributed by atoms with van der Waals surface area (Å²) in [5.74, 6) is 0.243. The van der Waals surface area contributed by atoms with Crippen LogP contribution in [0, 0.1) is 6.92 Å². The third kappa shape index (κ3) is 4.83. The van der Waals surface area contributed by atoms with E-state index in [1.165, 1.54) is 17.7 Å². The summed E-state index contributed by atoms with van der Waals surface area (Å²) in [6.07, 6.45) is 2.58. The number of aryl methyl sites for hydroxylation is 2. The van der Waals surface area contributed by atoms with Crippen LogP contribution in [0.2, 0.25) is 0 Å². The van der Waals surface area contributed by atoms with Crippen LogP contribution in [-0.4, -0.2) is 14.6 Å². The molecule has 4 nitrogen and oxygen atoms in total. The van der Waals surface area contributed by atoms with E-state index in [0.717, 1.165) is 17.7 Å². The summed E-state index contributed by atoms with van der Waals surface area (Å²) < 4.78 is 30.5. The van der Waals surface area contributed by atoms with E-state index in [1.807, 2.05) is 37.3 Å². The fraction of sp³-hybridized carbons (Fsp3) is 0.136. The third-order valence-corrected chi connectivity index (χ3v) is 5.37. The number of para-hydroxylation sites is 1. The van der Waals surface area contributed by atoms with Crippen LogP contribution in [0.4, 0.5) is 5.69 Å². The highest BCUT2D eigenvalue weighted by atomic mass is 32.2. The minimum Gasteiger partial charge on any atom is -0.378 e. The molecule has 0 saturated carbocycles. The lowest BCUT2D eigenvalue weighted by molar-refractivity contribution is 0.485. The lowest BCUT2D eigenvalue weighted by Crippen LogP contribution is -2.10. The summed E-state index contributed by atoms with van der Waals surface area (Å²) >= 11 is 0. The predicted octanol–water partition coefficient (Wildman–Crippen LogP) is 5.08. The van der Waals surface area contributed by atoms with Gasteiger partial charge in [0.15, 0.2) is 5.75 Å². The van der Waals surface area contributed by atoms with Gasteiger partial charge in [-0.3, -0.25) is 4.99 Å². The van der Waals surface area contributed by atoms with Gasteiger partial charge in [0.05, 0.1) is 5.69 Å². The van der Waals surface area contributed by atoms with Gasteiger partial charge in [-0.2, -0.15) is 8.42 Å². The second-order valence-corrected chi connectivity index (χ2v) is 7.71. The predicted molar refractivity (Wildman–Crippen MR) is 109 cm³/mol. The van der Waals surface area contributed by atoms with E-state index in [0.29, 0.717) is 5.56 Å². The van der Waals surface area contributed by atoms with Crippen molar-refractivity contribution < 1.29 is 12.6 Å². The average Bonchev–Trinajstić information content (AvgIpc) is 2.68. The van der Waals surface area contributed by atoms with Gasteiger partial charge >= 0.3 is 10.1 Å². The Kier molecular flexibility index (Phi) is 5.72. The SMILES string of the molecule is CCc1ccc(N=Cc2ccccc2OS(=O)(=O)c2ccc(C)cc2)cc1. The topological polar surface area (TPSA) is 55.7 Å². The standard InChI is InChI=1S/C22H21NO3S/c1-3-18-10-12-20(13-11-18)23-16-19-6-4-5-7-22(19)26-27(24,25)21-14-8-17(2)9-15-21/h4-16H,3H2,1-2H3. The molecule has 0 bridgehead atoms. The van der Waals surface area contributed by atoms with Crippen LogP contribution in [-0.2, 0) is 16.5 Å². The molecule has 0 atom stereocenters. The highest BCUT2D eigenvalue weighted by Gasteiger charge is 2.17. The van der Waals surface area contributed by atoms with Crippen molar-refractivity contribution in [1.29, 1.82) is 0 Å². The molecule has 0 spiro atoms. The average molecular weight is 379 g/mol. The minimum atomic E-state index is -3.91. The van der Waals surface area contributed by atoms with Gasteiger partial charge in [0.25, 0.3) is 0 Å². The first-order valence-electron chi connectivity index (χ1n) is 8.71. The van der Waals surface area contributed by atoms with E-state index in [4.69, 9.17) is 4.18 Å². The van der Waals surface area contributed by atoms with Crippen LogP contribution in [0.1, 0.15) is 23.6 Å². The summed E-state index contributed by atoms with van der Waals surface area (Å²) in [6, 6.07) is 21.4. The number of hydrogen-bond acceptors (Lipinski definition) is 4. The molecule has 5 heteroatoms. The van der Waals surface area contributed by atoms with Crippen LogP contribution >= 0.6 is 0 Å². The lowest BCUT2D eigenvalue weighted by Gasteiger charge is -2.09. The molecule has 0 aromatic heterocycles. The van der Waals surface area contributed by atoms with Crippen molar-refractivity contribution in [2.75, 3.05) is 0 Å². The third-order valence-electron chi connectivity index (χ3n) is 4.13. The van der Waals surface area contributed by atoms with Crippen LogP contribution in [0.5, 0.6) is 5.75 Å². The molecule has 27 heavy (non-hydrogen) atoms. The van der Waals surface area contributed by atoms with Crippen LogP contribution < -0.4 is 4.18 Å². The second kappa shape index (κ2) is 8.18. The van der Waals surface area contributed by atoms with E-state index in [2.05, 4.69) is 11.9 Å². The van der Waals surface area contributed by atoms with Crippen molar-refractivity contribution >= 4 is 22.0 Å². The van der Waals surface area contributed by atoms with Gasteiger partial charge in [0, 0.05) is 11.8 Å². The zero-order valence-electron chi connectivity index (χ0n) is 15.3. The molecule has 3 aromatic rings. The number of benzene rings is 3. The molecule has 0 amide bonds. The summed E-state index contributed by atoms with van der Waals surface area (Å²) in [6.45, 7) is 4.00. The Morgan fingerprint density at radius 2 is 1.59 bits per heavy atom. The molecular weight excluding hydrogens is 358 g/mol. The zero-order chi connectivity index (χ0) is 19.3. The maximum Gasteiger partial charge on any atom is 0.339 e. The van der Waals surface area contributed by atoms with Gasteiger partial charge in [-0.05, 0) is 55.3 Å². The zero-order valence-corrected chi connectivity index (χ0v) is 16.1. The molecule has 0 radical (unpaired) electrons. The number of aliphatic imine (C=N–C) groups is 1. The number of hydrogen-bond donors (Lipinski definition) is 0. The van der Waals surface area contributed by atoms with Gasteiger partial charge in [-0.15, -0.1) is 0 Å². The van der Waals surface area contributed by atoms with E-state index in [9.17, 15) is 8.42 Å². The molecule has 3 rings (SSSR count). The lowest BCUT2D eigenvalue weighted by atomic mass is 10.1. The smallest absolute Gasteiger partial charge is 0.339 e. The number of rotatable bonds is 6. The molecule has 0 saturated heterocycles. The summed E-state index contributed by atoms with van der Waals surface area (Å²) in [4.78, 5) is 4.55. The van der Waals surface area contributed by atoms with Crippen molar-refractivity contribution in [2.24, 2.45) is 4.99 Å². The summed E-state index contributed by atoms with van der Waals surface area (Å²) in [7, 11) is -3.91. The van der Waals surface area contributed by atoms with Gasteiger partial charge in [-0.25, -0.2) is 0 Å². The fourth-order valence-corrected chi connectivity index (χ4v) is 3.45. The van der Waals surface area contributed by atoms with Gasteiger partial charge < -0.3 is 4.18 Å². The molecule has 0 fully saturated rings. The molecule has 0 unspecified atom stereocenters. The molecule has 138 valence electrons. The van der Waals surface area contributed by atoms with Crippen molar-refractivity contribution in [1.82, 2.24) is 0 Å². The maximum absolute atomic E-state index is 12.5. The highest BCUT2D eigenvalue weighted by molar-refractivity contribution is 7.87. The van der Waals surface area contributed by atoms with Gasteiger partial charge in [-0.1, -0.05) is 48.9 Å². The Balaban J connectivity index is 1.85. The maximum atomic E-state index is 12.5. The van der Waals surface area contributed by atoms with E-state index in [-0.39, 0.29) is 10.6 Å². The molecule has 3 aromatic carbocycles. The van der Waals surface area contributed by atoms with Crippen molar-refractivity contribution in [3.8, 4) is 5.75 Å². The Morgan fingerprint density at radius 3 is 2.26 bits per heavy atom. The van der Waals surface area contributed by atoms with E-state index < -0.39 is 10.1 Å². The van der Waals surface area contributed by atoms with Gasteiger partial charge in [0.1, 0.15) is 4.90 Å². The monoisotopic (exact) mass is 379 g/mol. The van der Waals surface area contributed by atoms with E-state index in [1.54, 1.807) is 36.5 Å². The largest absolute Gasteiger partial charge is 0.378 e. The molecule has 0 heterocycles. The Labute approximate surface area is 160 Å². The Bertz CT molecular complexity index is 1040. The molecule has 0 aliphatic carbocycles. The Morgan fingerprint density at radius 1 is 0.926 bits per heavy atom. The summed E-state index contributed by atoms with van der Waals surface area (Å²) in [5, 5.41) is 0. The normalized spacial score (nSPS) is 11.6. The van der Waals surface area contributed by atoms with Crippen LogP contribution in [0.3, 0.4) is 0 Å². The minimum absolute atomic E-state index is 0.120. The highest BCUT2D eigenvalue weighted by Crippen LogP contribution is 2.23. The van der Waals surface area contributed by atoms with Crippen molar-refractivity contribution in [2.45, 2.75) is 25.2 Å². The first-order valence-corrected chi connectivity index (χ1v) is 10.1. The number of nitrogens with zero attached hydrogens (tertiary/aromatic N) is 1. The first kappa shape index (κ1) is 18.9. The summed E-state index contributed by atoms with van der Waals surface area (Å²) in [5.41, 5.74) is 3.61. The van der Waals surface area contributed by atoms with Crippen LogP contribution in [0.15, 0.2) is 82.7 Å². The van der Waals surface area contributed by atoms with E-state index >= 15 is 0 Å². The van der Waals surface area contributed by atoms with Gasteiger partial charge in [0.2, 0.25) is 0 Å². The molecule has 0 N–H and O–H groups in total. The second-order valence-electron chi connectivity index (χ2n) is 6.17. The molecular formula is C22H21NO3S.